The van der Waals surface area contributed by atoms with Crippen LogP contribution in [0.25, 0.3) is 0 Å². The van der Waals surface area contributed by atoms with Crippen molar-refractivity contribution in [2.75, 3.05) is 0 Å². The molecule has 0 aliphatic rings. The van der Waals surface area contributed by atoms with Gasteiger partial charge in [-0.25, -0.2) is 0 Å². The van der Waals surface area contributed by atoms with Crippen molar-refractivity contribution in [1.82, 2.24) is 0 Å². The predicted molar refractivity (Wildman–Crippen MR) is 71.8 cm³/mol. The van der Waals surface area contributed by atoms with E-state index in [9.17, 15) is 4.79 Å². The van der Waals surface area contributed by atoms with Gasteiger partial charge in [-0.2, -0.15) is 0 Å². The van der Waals surface area contributed by atoms with E-state index < -0.39 is 0 Å². The Morgan fingerprint density at radius 1 is 1.29 bits per heavy atom. The first-order chi connectivity index (χ1) is 7.85. The fourth-order valence-corrected chi connectivity index (χ4v) is 1.63. The average molecular weight is 243 g/mol. The second kappa shape index (κ2) is 8.51. The third-order valence-electron chi connectivity index (χ3n) is 2.77. The summed E-state index contributed by atoms with van der Waals surface area (Å²) in [6, 6.07) is 0. The molecule has 0 aromatic rings. The quantitative estimate of drug-likeness (QED) is 0.499. The zero-order valence-corrected chi connectivity index (χ0v) is 11.9. The molecule has 0 saturated heterocycles. The van der Waals surface area contributed by atoms with E-state index in [4.69, 9.17) is 10.5 Å². The molecule has 0 fully saturated rings. The van der Waals surface area contributed by atoms with Gasteiger partial charge in [0.1, 0.15) is 0 Å². The Labute approximate surface area is 106 Å². The first-order valence-electron chi connectivity index (χ1n) is 6.83. The number of carbonyl (C=O) groups excluding carboxylic acids is 1. The van der Waals surface area contributed by atoms with E-state index in [1.807, 2.05) is 20.8 Å². The largest absolute Gasteiger partial charge is 0.463 e. The molecule has 0 saturated carbocycles. The molecule has 0 aliphatic heterocycles. The van der Waals surface area contributed by atoms with Gasteiger partial charge in [0.2, 0.25) is 0 Å². The number of ether oxygens (including phenoxy) is 1. The number of nitrogens with two attached hydrogens (primary N) is 1. The second-order valence-electron chi connectivity index (χ2n) is 5.64. The molecule has 0 spiro atoms. The molecule has 0 aromatic carbocycles. The minimum absolute atomic E-state index is 0.0419. The van der Waals surface area contributed by atoms with Gasteiger partial charge in [0, 0.05) is 12.0 Å². The van der Waals surface area contributed by atoms with Crippen LogP contribution in [0.3, 0.4) is 0 Å². The van der Waals surface area contributed by atoms with Crippen molar-refractivity contribution in [3.8, 4) is 0 Å². The van der Waals surface area contributed by atoms with Gasteiger partial charge >= 0.3 is 5.97 Å². The number of hydrogen-bond donors (Lipinski definition) is 1. The van der Waals surface area contributed by atoms with Crippen molar-refractivity contribution in [3.63, 3.8) is 0 Å². The van der Waals surface area contributed by atoms with E-state index >= 15 is 0 Å². The minimum Gasteiger partial charge on any atom is -0.463 e. The lowest BCUT2D eigenvalue weighted by Gasteiger charge is -2.18. The van der Waals surface area contributed by atoms with Crippen LogP contribution in [0.2, 0.25) is 0 Å². The summed E-state index contributed by atoms with van der Waals surface area (Å²) >= 11 is 0. The van der Waals surface area contributed by atoms with Crippen LogP contribution < -0.4 is 5.73 Å². The van der Waals surface area contributed by atoms with Gasteiger partial charge in [-0.05, 0) is 40.0 Å². The Hall–Kier alpha value is -0.570. The Bertz CT molecular complexity index is 209. The molecular formula is C14H29NO2. The molecule has 0 radical (unpaired) electrons. The monoisotopic (exact) mass is 243 g/mol. The molecule has 1 atom stereocenters. The highest BCUT2D eigenvalue weighted by Crippen LogP contribution is 2.11. The summed E-state index contributed by atoms with van der Waals surface area (Å²) in [6.07, 6.45) is 6.98. The second-order valence-corrected chi connectivity index (χ2v) is 5.64. The summed E-state index contributed by atoms with van der Waals surface area (Å²) in [5, 5.41) is 0. The standard InChI is InChI=1S/C14H29NO2/c1-5-6-7-8-9-12(2)17-13(16)10-11-14(3,4)15/h12H,5-11,15H2,1-4H3. The molecule has 1 unspecified atom stereocenters. The Morgan fingerprint density at radius 3 is 2.47 bits per heavy atom. The highest BCUT2D eigenvalue weighted by Gasteiger charge is 2.15. The van der Waals surface area contributed by atoms with Gasteiger partial charge in [-0.1, -0.05) is 26.2 Å². The lowest BCUT2D eigenvalue weighted by molar-refractivity contribution is -0.148. The zero-order valence-electron chi connectivity index (χ0n) is 11.9. The molecule has 0 amide bonds. The molecule has 0 rings (SSSR count). The number of rotatable bonds is 9. The van der Waals surface area contributed by atoms with Crippen molar-refractivity contribution >= 4 is 5.97 Å². The first-order valence-corrected chi connectivity index (χ1v) is 6.83. The maximum absolute atomic E-state index is 11.5. The third-order valence-corrected chi connectivity index (χ3v) is 2.77. The highest BCUT2D eigenvalue weighted by molar-refractivity contribution is 5.69. The van der Waals surface area contributed by atoms with Crippen LogP contribution in [0.1, 0.15) is 72.6 Å². The van der Waals surface area contributed by atoms with Crippen molar-refractivity contribution < 1.29 is 9.53 Å². The average Bonchev–Trinajstić information content (AvgIpc) is 2.21. The fraction of sp³-hybridized carbons (Fsp3) is 0.929. The number of esters is 1. The van der Waals surface area contributed by atoms with Gasteiger partial charge in [0.15, 0.2) is 0 Å². The summed E-state index contributed by atoms with van der Waals surface area (Å²) < 4.78 is 5.33. The van der Waals surface area contributed by atoms with E-state index in [1.165, 1.54) is 19.3 Å². The maximum Gasteiger partial charge on any atom is 0.306 e. The number of carbonyl (C=O) groups is 1. The summed E-state index contributed by atoms with van der Waals surface area (Å²) in [5.41, 5.74) is 5.53. The van der Waals surface area contributed by atoms with Crippen LogP contribution in [0.4, 0.5) is 0 Å². The van der Waals surface area contributed by atoms with E-state index in [0.29, 0.717) is 12.8 Å². The molecule has 0 aromatic heterocycles. The maximum atomic E-state index is 11.5. The Balaban J connectivity index is 3.59. The fourth-order valence-electron chi connectivity index (χ4n) is 1.63. The van der Waals surface area contributed by atoms with Crippen LogP contribution in [0, 0.1) is 0 Å². The molecule has 0 heterocycles. The Morgan fingerprint density at radius 2 is 1.94 bits per heavy atom. The van der Waals surface area contributed by atoms with Crippen LogP contribution in [0.15, 0.2) is 0 Å². The third kappa shape index (κ3) is 11.7. The molecule has 17 heavy (non-hydrogen) atoms. The first kappa shape index (κ1) is 16.4. The Kier molecular flexibility index (Phi) is 8.23. The number of unbranched alkanes of at least 4 members (excludes halogenated alkanes) is 3. The zero-order chi connectivity index (χ0) is 13.3. The number of hydrogen-bond acceptors (Lipinski definition) is 3. The van der Waals surface area contributed by atoms with Crippen molar-refractivity contribution in [1.29, 1.82) is 0 Å². The van der Waals surface area contributed by atoms with E-state index in [1.54, 1.807) is 0 Å². The smallest absolute Gasteiger partial charge is 0.306 e. The highest BCUT2D eigenvalue weighted by atomic mass is 16.5. The van der Waals surface area contributed by atoms with Crippen molar-refractivity contribution in [2.24, 2.45) is 5.73 Å². The SMILES string of the molecule is CCCCCCC(C)OC(=O)CCC(C)(C)N. The molecule has 2 N–H and O–H groups in total. The van der Waals surface area contributed by atoms with Crippen molar-refractivity contribution in [2.45, 2.75) is 84.3 Å². The van der Waals surface area contributed by atoms with Crippen molar-refractivity contribution in [3.05, 3.63) is 0 Å². The van der Waals surface area contributed by atoms with Crippen LogP contribution in [0.5, 0.6) is 0 Å². The predicted octanol–water partition coefficient (Wildman–Crippen LogP) is 3.41. The summed E-state index contributed by atoms with van der Waals surface area (Å²) in [5.74, 6) is -0.119. The summed E-state index contributed by atoms with van der Waals surface area (Å²) in [6.45, 7) is 8.01. The molecule has 0 bridgehead atoms. The van der Waals surface area contributed by atoms with Crippen LogP contribution in [-0.4, -0.2) is 17.6 Å². The molecule has 3 heteroatoms. The molecule has 3 nitrogen and oxygen atoms in total. The van der Waals surface area contributed by atoms with Gasteiger partial charge in [0.05, 0.1) is 6.10 Å². The van der Waals surface area contributed by atoms with Crippen LogP contribution >= 0.6 is 0 Å². The van der Waals surface area contributed by atoms with Crippen LogP contribution in [-0.2, 0) is 9.53 Å². The van der Waals surface area contributed by atoms with E-state index in [0.717, 1.165) is 12.8 Å². The van der Waals surface area contributed by atoms with Gasteiger partial charge in [-0.3, -0.25) is 4.79 Å². The topological polar surface area (TPSA) is 52.3 Å². The van der Waals surface area contributed by atoms with Gasteiger partial charge in [0.25, 0.3) is 0 Å². The molecular weight excluding hydrogens is 214 g/mol. The molecule has 0 aliphatic carbocycles. The molecule has 102 valence electrons. The minimum atomic E-state index is -0.288. The summed E-state index contributed by atoms with van der Waals surface area (Å²) in [4.78, 5) is 11.5. The van der Waals surface area contributed by atoms with Gasteiger partial charge < -0.3 is 10.5 Å². The lowest BCUT2D eigenvalue weighted by atomic mass is 10.0. The van der Waals surface area contributed by atoms with Gasteiger partial charge in [-0.15, -0.1) is 0 Å². The van der Waals surface area contributed by atoms with E-state index in [-0.39, 0.29) is 17.6 Å². The lowest BCUT2D eigenvalue weighted by Crippen LogP contribution is -2.32. The van der Waals surface area contributed by atoms with E-state index in [2.05, 4.69) is 6.92 Å². The summed E-state index contributed by atoms with van der Waals surface area (Å²) in [7, 11) is 0. The normalized spacial score (nSPS) is 13.5.